The number of rotatable bonds is 4. The van der Waals surface area contributed by atoms with E-state index in [1.54, 1.807) is 0 Å². The molecule has 2 heterocycles. The molecule has 2 aromatic heterocycles. The molecule has 0 fully saturated rings. The van der Waals surface area contributed by atoms with Crippen LogP contribution in [-0.2, 0) is 0 Å². The summed E-state index contributed by atoms with van der Waals surface area (Å²) in [6, 6.07) is 2.45. The van der Waals surface area contributed by atoms with Crippen LogP contribution in [0.25, 0.3) is 11.0 Å². The molecule has 0 saturated heterocycles. The summed E-state index contributed by atoms with van der Waals surface area (Å²) in [7, 11) is 0. The van der Waals surface area contributed by atoms with Crippen molar-refractivity contribution in [3.05, 3.63) is 23.2 Å². The van der Waals surface area contributed by atoms with Gasteiger partial charge in [0, 0.05) is 12.2 Å². The number of aromatic amines is 1. The van der Waals surface area contributed by atoms with Gasteiger partial charge in [0.05, 0.1) is 17.2 Å². The molecule has 0 spiro atoms. The number of pyridine rings is 1. The van der Waals surface area contributed by atoms with E-state index in [0.29, 0.717) is 6.04 Å². The Bertz CT molecular complexity index is 553. The van der Waals surface area contributed by atoms with Crippen LogP contribution in [0, 0.1) is 10.7 Å². The van der Waals surface area contributed by atoms with Gasteiger partial charge in [-0.15, -0.1) is 0 Å². The molecule has 1 atom stereocenters. The lowest BCUT2D eigenvalue weighted by atomic mass is 10.0. The predicted molar refractivity (Wildman–Crippen MR) is 73.7 cm³/mol. The largest absolute Gasteiger partial charge is 0.329 e. The molecule has 0 aliphatic heterocycles. The van der Waals surface area contributed by atoms with Crippen LogP contribution < -0.4 is 0 Å². The highest BCUT2D eigenvalue weighted by atomic mass is 32.1. The number of aromatic nitrogens is 3. The van der Waals surface area contributed by atoms with Gasteiger partial charge in [0.25, 0.3) is 0 Å². The Kier molecular flexibility index (Phi) is 3.62. The van der Waals surface area contributed by atoms with Crippen LogP contribution in [0.3, 0.4) is 0 Å². The third kappa shape index (κ3) is 2.57. The molecule has 0 saturated carbocycles. The summed E-state index contributed by atoms with van der Waals surface area (Å²) in [5.74, 6) is 0.735. The van der Waals surface area contributed by atoms with E-state index in [-0.39, 0.29) is 0 Å². The highest BCUT2D eigenvalue weighted by Crippen LogP contribution is 2.22. The highest BCUT2D eigenvalue weighted by molar-refractivity contribution is 7.71. The number of hydrogen-bond donors (Lipinski definition) is 1. The van der Waals surface area contributed by atoms with E-state index in [0.717, 1.165) is 28.1 Å². The Morgan fingerprint density at radius 3 is 2.82 bits per heavy atom. The highest BCUT2D eigenvalue weighted by Gasteiger charge is 2.11. The van der Waals surface area contributed by atoms with E-state index in [2.05, 4.69) is 35.3 Å². The normalized spacial score (nSPS) is 13.4. The van der Waals surface area contributed by atoms with Gasteiger partial charge in [-0.25, -0.2) is 0 Å². The lowest BCUT2D eigenvalue weighted by Crippen LogP contribution is -2.06. The molecule has 0 bridgehead atoms. The summed E-state index contributed by atoms with van der Waals surface area (Å²) in [4.78, 5) is 7.32. The first-order valence-corrected chi connectivity index (χ1v) is 6.54. The van der Waals surface area contributed by atoms with Gasteiger partial charge >= 0.3 is 0 Å². The fraction of sp³-hybridized carbons (Fsp3) is 0.538. The second kappa shape index (κ2) is 5.00. The van der Waals surface area contributed by atoms with Crippen molar-refractivity contribution >= 4 is 23.3 Å². The smallest absolute Gasteiger partial charge is 0.178 e. The molecule has 2 rings (SSSR count). The molecular formula is C13H19N3S. The van der Waals surface area contributed by atoms with Crippen LogP contribution in [0.4, 0.5) is 0 Å². The third-order valence-corrected chi connectivity index (χ3v) is 3.42. The topological polar surface area (TPSA) is 33.6 Å². The summed E-state index contributed by atoms with van der Waals surface area (Å²) >= 11 is 5.39. The van der Waals surface area contributed by atoms with Crippen molar-refractivity contribution in [3.63, 3.8) is 0 Å². The zero-order valence-corrected chi connectivity index (χ0v) is 11.4. The minimum absolute atomic E-state index is 0.432. The average molecular weight is 249 g/mol. The first-order chi connectivity index (χ1) is 8.09. The maximum Gasteiger partial charge on any atom is 0.178 e. The molecule has 1 N–H and O–H groups in total. The minimum atomic E-state index is 0.432. The number of nitrogens with one attached hydrogen (secondary N) is 1. The lowest BCUT2D eigenvalue weighted by molar-refractivity contribution is 0.443. The van der Waals surface area contributed by atoms with Gasteiger partial charge in [0.1, 0.15) is 0 Å². The van der Waals surface area contributed by atoms with Gasteiger partial charge in [-0.1, -0.05) is 13.8 Å². The van der Waals surface area contributed by atoms with E-state index in [1.165, 1.54) is 6.42 Å². The van der Waals surface area contributed by atoms with Crippen molar-refractivity contribution in [2.75, 3.05) is 0 Å². The fourth-order valence-electron chi connectivity index (χ4n) is 2.12. The summed E-state index contributed by atoms with van der Waals surface area (Å²) in [6.45, 7) is 6.74. The molecule has 92 valence electrons. The van der Waals surface area contributed by atoms with Crippen molar-refractivity contribution in [3.8, 4) is 0 Å². The van der Waals surface area contributed by atoms with E-state index < -0.39 is 0 Å². The Morgan fingerprint density at radius 2 is 2.12 bits per heavy atom. The maximum atomic E-state index is 5.39. The van der Waals surface area contributed by atoms with E-state index in [1.807, 2.05) is 18.5 Å². The van der Waals surface area contributed by atoms with Gasteiger partial charge in [-0.05, 0) is 44.0 Å². The molecule has 0 amide bonds. The minimum Gasteiger partial charge on any atom is -0.329 e. The Hall–Kier alpha value is -1.16. The van der Waals surface area contributed by atoms with Crippen molar-refractivity contribution in [2.24, 2.45) is 5.92 Å². The zero-order chi connectivity index (χ0) is 12.4. The Morgan fingerprint density at radius 1 is 1.35 bits per heavy atom. The molecule has 0 aliphatic carbocycles. The molecular weight excluding hydrogens is 230 g/mol. The maximum absolute atomic E-state index is 5.39. The number of H-pyrrole nitrogens is 1. The van der Waals surface area contributed by atoms with Crippen LogP contribution in [0.2, 0.25) is 0 Å². The first kappa shape index (κ1) is 12.3. The molecule has 17 heavy (non-hydrogen) atoms. The number of hydrogen-bond acceptors (Lipinski definition) is 2. The molecule has 1 unspecified atom stereocenters. The van der Waals surface area contributed by atoms with Crippen LogP contribution in [-0.4, -0.2) is 14.5 Å². The summed E-state index contributed by atoms with van der Waals surface area (Å²) in [5, 5.41) is 0. The summed E-state index contributed by atoms with van der Waals surface area (Å²) < 4.78 is 3.00. The number of fused-ring (bicyclic) bond motifs is 1. The Balaban J connectivity index is 2.34. The van der Waals surface area contributed by atoms with Crippen LogP contribution in [0.15, 0.2) is 18.5 Å². The van der Waals surface area contributed by atoms with Crippen molar-refractivity contribution in [2.45, 2.75) is 39.7 Å². The monoisotopic (exact) mass is 249 g/mol. The van der Waals surface area contributed by atoms with E-state index in [4.69, 9.17) is 12.2 Å². The second-order valence-electron chi connectivity index (χ2n) is 5.01. The molecule has 0 aliphatic rings. The molecule has 3 nitrogen and oxygen atoms in total. The Labute approximate surface area is 107 Å². The standard InChI is InChI=1S/C13H19N3S/c1-9(2)4-5-10(3)16-12-6-7-14-8-11(12)15-13(16)17/h6-10H,4-5H2,1-3H3,(H,15,17). The molecule has 0 radical (unpaired) electrons. The van der Waals surface area contributed by atoms with Gasteiger partial charge in [-0.3, -0.25) is 4.98 Å². The van der Waals surface area contributed by atoms with Gasteiger partial charge in [0.2, 0.25) is 0 Å². The van der Waals surface area contributed by atoms with Crippen LogP contribution >= 0.6 is 12.2 Å². The molecule has 0 aromatic carbocycles. The van der Waals surface area contributed by atoms with Crippen molar-refractivity contribution in [1.29, 1.82) is 0 Å². The van der Waals surface area contributed by atoms with Crippen LogP contribution in [0.1, 0.15) is 39.7 Å². The third-order valence-electron chi connectivity index (χ3n) is 3.12. The SMILES string of the molecule is CC(C)CCC(C)n1c(=S)[nH]c2cnccc21. The summed E-state index contributed by atoms with van der Waals surface area (Å²) in [6.07, 6.45) is 6.02. The second-order valence-corrected chi connectivity index (χ2v) is 5.40. The molecule has 4 heteroatoms. The fourth-order valence-corrected chi connectivity index (χ4v) is 2.51. The van der Waals surface area contributed by atoms with Gasteiger partial charge in [0.15, 0.2) is 4.77 Å². The zero-order valence-electron chi connectivity index (χ0n) is 10.6. The summed E-state index contributed by atoms with van der Waals surface area (Å²) in [5.41, 5.74) is 2.18. The van der Waals surface area contributed by atoms with E-state index in [9.17, 15) is 0 Å². The molecule has 2 aromatic rings. The van der Waals surface area contributed by atoms with Crippen molar-refractivity contribution < 1.29 is 0 Å². The van der Waals surface area contributed by atoms with Crippen molar-refractivity contribution in [1.82, 2.24) is 14.5 Å². The van der Waals surface area contributed by atoms with Gasteiger partial charge in [-0.2, -0.15) is 0 Å². The van der Waals surface area contributed by atoms with Gasteiger partial charge < -0.3 is 9.55 Å². The average Bonchev–Trinajstić information content (AvgIpc) is 2.61. The lowest BCUT2D eigenvalue weighted by Gasteiger charge is -2.15. The number of imidazole rings is 1. The quantitative estimate of drug-likeness (QED) is 0.828. The predicted octanol–water partition coefficient (Wildman–Crippen LogP) is 4.09. The number of nitrogens with zero attached hydrogens (tertiary/aromatic N) is 2. The van der Waals surface area contributed by atoms with E-state index >= 15 is 0 Å². The first-order valence-electron chi connectivity index (χ1n) is 6.14. The van der Waals surface area contributed by atoms with Crippen LogP contribution in [0.5, 0.6) is 0 Å².